The van der Waals surface area contributed by atoms with Crippen LogP contribution in [0.15, 0.2) is 309 Å². The Balaban J connectivity index is 0.000000100. The summed E-state index contributed by atoms with van der Waals surface area (Å²) in [7, 11) is 0. The smallest absolute Gasteiger partial charge is 0.252 e. The van der Waals surface area contributed by atoms with Crippen molar-refractivity contribution >= 4 is 172 Å². The topological polar surface area (TPSA) is 19.4 Å². The van der Waals surface area contributed by atoms with Crippen LogP contribution in [-0.4, -0.2) is 20.1 Å². The SMILES string of the molecule is CC(C)c1cccc(N2c3cc(C(C)(C)C)ccc3B3c4cccc5c4N(c4ccccc4C54C5CC6CC(C5)CC4C6)c4cccc2c43)c1.CC(C)c1cccc(N2c3ccc(C(C)(C)C)cc3B3c4cccc5c4N(c4ccccc4C54C5CC6CC(C5)CC4C6)c4cccc2c43)c1.Cc1cccc2c1B1c3cccc4c3N(c3ccccc3C43C4CC5CC(C4)CC3C5)c3cccc(c31)N2c1ccc(C(C)(C)C)cc1. The van der Waals surface area contributed by atoms with Gasteiger partial charge in [-0.3, -0.25) is 0 Å². The molecule has 9 aliphatic heterocycles. The average molecular weight is 1920 g/mol. The van der Waals surface area contributed by atoms with Crippen molar-refractivity contribution in [1.82, 2.24) is 0 Å². The molecule has 12 saturated carbocycles. The monoisotopic (exact) mass is 1920 g/mol. The van der Waals surface area contributed by atoms with Crippen molar-refractivity contribution in [3.63, 3.8) is 0 Å². The molecular formula is C139H137B3N6. The van der Waals surface area contributed by atoms with Gasteiger partial charge in [0.2, 0.25) is 0 Å². The summed E-state index contributed by atoms with van der Waals surface area (Å²) in [6.07, 6.45) is 21.3. The zero-order chi connectivity index (χ0) is 99.5. The summed E-state index contributed by atoms with van der Waals surface area (Å²) in [4.78, 5) is 15.8. The van der Waals surface area contributed by atoms with Gasteiger partial charge in [-0.25, -0.2) is 0 Å². The van der Waals surface area contributed by atoms with Gasteiger partial charge in [0.05, 0.1) is 17.1 Å². The molecule has 6 nitrogen and oxygen atoms in total. The standard InChI is InChI=1S/2C47H47BN2.C45H43BN2/c1-28(2)31-11-8-12-35(26-31)49-41-17-10-18-42-44(41)48(38-20-19-32(27-43(38)49)46(3,4)5)39-15-9-14-37-45(39)50(42)40-16-7-6-13-36(40)47(37)33-22-29-21-30(24-33)25-34(47)23-29;1-28(2)31-11-8-12-35(26-31)49-41-20-19-32(46(3,4)5)27-39(41)48-38-15-9-14-37-45(38)50(43-18-10-17-42(49)44(43)48)40-16-7-6-13-36(40)47(37)33-22-29-21-30(24-33)25-34(47)23-29;1-27-10-7-15-38-41(27)46-36-13-8-12-35-43(36)48(37-14-6-5-11-34(37)45(35)31-23-28-22-29(25-31)26-32(45)24-28)40-17-9-16-39(42(40)46)47(38)33-20-18-30(19-21-33)44(2,3)4/h2*6-20,26-30,33-34H,21-25H2,1-5H3;5-21,28-29,31-32H,22-26H2,1-4H3. The molecule has 732 valence electrons. The van der Waals surface area contributed by atoms with E-state index in [2.05, 4.69) is 436 Å². The van der Waals surface area contributed by atoms with Crippen molar-refractivity contribution in [2.24, 2.45) is 71.0 Å². The van der Waals surface area contributed by atoms with Gasteiger partial charge in [0.15, 0.2) is 0 Å². The molecule has 0 radical (unpaired) electrons. The summed E-state index contributed by atoms with van der Waals surface area (Å²) in [5.74, 6) is 10.9. The Bertz CT molecular complexity index is 8060. The van der Waals surface area contributed by atoms with Crippen LogP contribution in [-0.2, 0) is 32.5 Å². The molecule has 9 heteroatoms. The number of hydrogen-bond donors (Lipinski definition) is 0. The number of hydrogen-bond acceptors (Lipinski definition) is 6. The molecule has 0 aromatic heterocycles. The maximum Gasteiger partial charge on any atom is 0.252 e. The molecule has 3 spiro atoms. The lowest BCUT2D eigenvalue weighted by atomic mass is 9.32. The molecule has 0 N–H and O–H groups in total. The highest BCUT2D eigenvalue weighted by Gasteiger charge is 2.68. The molecule has 0 amide bonds. The van der Waals surface area contributed by atoms with Gasteiger partial charge in [-0.05, 0) is 422 Å². The van der Waals surface area contributed by atoms with Crippen molar-refractivity contribution in [1.29, 1.82) is 0 Å². The van der Waals surface area contributed by atoms with Crippen molar-refractivity contribution in [2.45, 2.75) is 238 Å². The van der Waals surface area contributed by atoms with Gasteiger partial charge in [0.25, 0.3) is 20.1 Å². The molecule has 12 bridgehead atoms. The highest BCUT2D eigenvalue weighted by Crippen LogP contribution is 2.75. The summed E-state index contributed by atoms with van der Waals surface area (Å²) < 4.78 is 0. The predicted molar refractivity (Wildman–Crippen MR) is 624 cm³/mol. The third-order valence-electron chi connectivity index (χ3n) is 42.0. The second-order valence-electron chi connectivity index (χ2n) is 53.1. The number of anilines is 18. The molecule has 12 aliphatic carbocycles. The molecule has 9 heterocycles. The van der Waals surface area contributed by atoms with E-state index in [1.807, 2.05) is 0 Å². The first-order valence-corrected chi connectivity index (χ1v) is 57.4. The van der Waals surface area contributed by atoms with Crippen molar-refractivity contribution < 1.29 is 0 Å². The third kappa shape index (κ3) is 12.0. The average Bonchev–Trinajstić information content (AvgIpc) is 0.667. The molecule has 0 unspecified atom stereocenters. The normalized spacial score (nSPS) is 26.4. The summed E-state index contributed by atoms with van der Waals surface area (Å²) in [5.41, 5.74) is 56.1. The highest BCUT2D eigenvalue weighted by atomic mass is 15.2. The number of benzene rings is 15. The molecule has 36 rings (SSSR count). The van der Waals surface area contributed by atoms with Gasteiger partial charge in [0.1, 0.15) is 0 Å². The van der Waals surface area contributed by atoms with Crippen LogP contribution in [0.1, 0.15) is 265 Å². The van der Waals surface area contributed by atoms with E-state index < -0.39 is 0 Å². The Labute approximate surface area is 879 Å². The maximum absolute atomic E-state index is 2.72. The van der Waals surface area contributed by atoms with E-state index in [9.17, 15) is 0 Å². The van der Waals surface area contributed by atoms with E-state index in [0.717, 1.165) is 71.0 Å². The van der Waals surface area contributed by atoms with Crippen LogP contribution >= 0.6 is 0 Å². The van der Waals surface area contributed by atoms with E-state index in [-0.39, 0.29) is 52.6 Å². The fourth-order valence-electron chi connectivity index (χ4n) is 36.8. The van der Waals surface area contributed by atoms with Crippen molar-refractivity contribution in [3.05, 3.63) is 376 Å². The van der Waals surface area contributed by atoms with Crippen LogP contribution in [0.3, 0.4) is 0 Å². The summed E-state index contributed by atoms with van der Waals surface area (Å²) in [6, 6.07) is 122. The van der Waals surface area contributed by atoms with E-state index in [4.69, 9.17) is 0 Å². The minimum Gasteiger partial charge on any atom is -0.311 e. The number of aryl methyl sites for hydroxylation is 1. The number of fused-ring (bicyclic) bond motifs is 18. The Morgan fingerprint density at radius 3 is 0.912 bits per heavy atom. The van der Waals surface area contributed by atoms with Crippen LogP contribution in [0.2, 0.25) is 0 Å². The maximum atomic E-state index is 2.72. The number of rotatable bonds is 5. The minimum atomic E-state index is 0.0491. The van der Waals surface area contributed by atoms with Gasteiger partial charge in [-0.2, -0.15) is 0 Å². The van der Waals surface area contributed by atoms with Crippen LogP contribution in [0, 0.1) is 77.9 Å². The van der Waals surface area contributed by atoms with E-state index in [0.29, 0.717) is 11.8 Å². The van der Waals surface area contributed by atoms with E-state index in [1.165, 1.54) is 281 Å². The van der Waals surface area contributed by atoms with Crippen LogP contribution in [0.5, 0.6) is 0 Å². The van der Waals surface area contributed by atoms with Crippen molar-refractivity contribution in [3.8, 4) is 0 Å². The van der Waals surface area contributed by atoms with Gasteiger partial charge in [-0.1, -0.05) is 296 Å². The number of para-hydroxylation sites is 6. The first-order chi connectivity index (χ1) is 71.8. The first kappa shape index (κ1) is 89.3. The van der Waals surface area contributed by atoms with Gasteiger partial charge in [-0.15, -0.1) is 0 Å². The van der Waals surface area contributed by atoms with Crippen LogP contribution in [0.25, 0.3) is 0 Å². The molecule has 148 heavy (non-hydrogen) atoms. The van der Waals surface area contributed by atoms with E-state index in [1.54, 1.807) is 33.4 Å². The lowest BCUT2D eigenvalue weighted by Crippen LogP contribution is -2.64. The van der Waals surface area contributed by atoms with Gasteiger partial charge >= 0.3 is 0 Å². The first-order valence-electron chi connectivity index (χ1n) is 57.4. The summed E-state index contributed by atoms with van der Waals surface area (Å²) >= 11 is 0. The summed E-state index contributed by atoms with van der Waals surface area (Å²) in [6.45, 7) is 33.1. The van der Waals surface area contributed by atoms with Crippen LogP contribution in [0.4, 0.5) is 102 Å². The van der Waals surface area contributed by atoms with Gasteiger partial charge < -0.3 is 29.4 Å². The Hall–Kier alpha value is -12.7. The molecule has 21 aliphatic rings. The molecule has 15 aromatic rings. The largest absolute Gasteiger partial charge is 0.311 e. The van der Waals surface area contributed by atoms with Crippen LogP contribution < -0.4 is 78.6 Å². The minimum absolute atomic E-state index is 0.0491. The fourth-order valence-corrected chi connectivity index (χ4v) is 36.8. The predicted octanol–water partition coefficient (Wildman–Crippen LogP) is 29.9. The zero-order valence-electron chi connectivity index (χ0n) is 89.0. The third-order valence-corrected chi connectivity index (χ3v) is 42.0. The van der Waals surface area contributed by atoms with Crippen molar-refractivity contribution in [2.75, 3.05) is 29.4 Å². The summed E-state index contributed by atoms with van der Waals surface area (Å²) in [5, 5.41) is 0. The lowest BCUT2D eigenvalue weighted by Gasteiger charge is -2.64. The quantitative estimate of drug-likeness (QED) is 0.159. The number of nitrogens with zero attached hydrogens (tertiary/aromatic N) is 6. The second kappa shape index (κ2) is 31.5. The molecular weight excluding hydrogens is 1790 g/mol. The molecule has 0 atom stereocenters. The molecule has 15 aromatic carbocycles. The molecule has 0 saturated heterocycles. The van der Waals surface area contributed by atoms with Gasteiger partial charge in [0, 0.05) is 102 Å². The second-order valence-corrected chi connectivity index (χ2v) is 53.1. The highest BCUT2D eigenvalue weighted by molar-refractivity contribution is 7.02. The zero-order valence-corrected chi connectivity index (χ0v) is 89.0. The van der Waals surface area contributed by atoms with E-state index >= 15 is 0 Å². The Morgan fingerprint density at radius 1 is 0.223 bits per heavy atom. The lowest BCUT2D eigenvalue weighted by molar-refractivity contribution is -0.0419. The molecule has 12 fully saturated rings. The Morgan fingerprint density at radius 2 is 0.520 bits per heavy atom. The fraction of sp³-hybridized carbons (Fsp3) is 0.353. The Kier molecular flexibility index (Phi) is 19.0.